The number of carbonyl (C=O) groups is 2. The lowest BCUT2D eigenvalue weighted by Crippen LogP contribution is -2.40. The van der Waals surface area contributed by atoms with E-state index in [0.717, 1.165) is 16.6 Å². The summed E-state index contributed by atoms with van der Waals surface area (Å²) in [5, 5.41) is 16.7. The summed E-state index contributed by atoms with van der Waals surface area (Å²) in [6.45, 7) is 3.81. The van der Waals surface area contributed by atoms with Crippen LogP contribution < -0.4 is 10.7 Å². The normalized spacial score (nSPS) is 20.9. The van der Waals surface area contributed by atoms with Gasteiger partial charge in [0.2, 0.25) is 5.91 Å². The zero-order chi connectivity index (χ0) is 13.8. The second-order valence-electron chi connectivity index (χ2n) is 3.68. The highest BCUT2D eigenvalue weighted by Gasteiger charge is 2.29. The van der Waals surface area contributed by atoms with E-state index in [1.54, 1.807) is 0 Å². The molecule has 0 aromatic carbocycles. The molecule has 0 spiro atoms. The Morgan fingerprint density at radius 2 is 2.42 bits per heavy atom. The zero-order valence-electron chi connectivity index (χ0n) is 9.75. The van der Waals surface area contributed by atoms with Crippen LogP contribution in [0.3, 0.4) is 0 Å². The van der Waals surface area contributed by atoms with Gasteiger partial charge in [0.05, 0.1) is 10.6 Å². The Balaban J connectivity index is 2.00. The maximum atomic E-state index is 11.3. The lowest BCUT2D eigenvalue weighted by Gasteiger charge is -2.19. The van der Waals surface area contributed by atoms with Crippen molar-refractivity contribution in [2.24, 2.45) is 5.10 Å². The van der Waals surface area contributed by atoms with Crippen LogP contribution >= 0.6 is 23.1 Å². The fraction of sp³-hybridized carbons (Fsp3) is 0.182. The Morgan fingerprint density at radius 1 is 1.63 bits per heavy atom. The predicted molar refractivity (Wildman–Crippen MR) is 75.7 cm³/mol. The van der Waals surface area contributed by atoms with Crippen LogP contribution in [0.5, 0.6) is 0 Å². The van der Waals surface area contributed by atoms with Gasteiger partial charge in [-0.2, -0.15) is 0 Å². The molecular formula is C11H11N3O3S2. The number of rotatable bonds is 4. The average molecular weight is 297 g/mol. The predicted octanol–water partition coefficient (Wildman–Crippen LogP) is 1.29. The SMILES string of the molecule is C=C(N/N=C1\NC(=O)CC(C(=O)O)S1)c1cccs1. The van der Waals surface area contributed by atoms with E-state index in [0.29, 0.717) is 5.70 Å². The van der Waals surface area contributed by atoms with Crippen LogP contribution in [0.25, 0.3) is 5.70 Å². The molecule has 2 rings (SSSR count). The van der Waals surface area contributed by atoms with Crippen LogP contribution in [0.1, 0.15) is 11.3 Å². The number of nitrogens with one attached hydrogen (secondary N) is 2. The summed E-state index contributed by atoms with van der Waals surface area (Å²) in [4.78, 5) is 23.1. The van der Waals surface area contributed by atoms with Gasteiger partial charge >= 0.3 is 5.97 Å². The molecular weight excluding hydrogens is 286 g/mol. The Kier molecular flexibility index (Phi) is 4.23. The number of amides is 1. The topological polar surface area (TPSA) is 90.8 Å². The van der Waals surface area contributed by atoms with Gasteiger partial charge in [-0.25, -0.2) is 0 Å². The summed E-state index contributed by atoms with van der Waals surface area (Å²) in [6.07, 6.45) is -0.0507. The van der Waals surface area contributed by atoms with Crippen molar-refractivity contribution < 1.29 is 14.7 Å². The molecule has 3 N–H and O–H groups in total. The standard InChI is InChI=1S/C11H11N3O3S2/c1-6(7-3-2-4-18-7)13-14-11-12-9(15)5-8(19-11)10(16)17/h2-4,8,13H,1,5H2,(H,16,17)(H,12,14,15). The van der Waals surface area contributed by atoms with Crippen LogP contribution in [0.2, 0.25) is 0 Å². The summed E-state index contributed by atoms with van der Waals surface area (Å²) in [6, 6.07) is 3.77. The molecule has 0 radical (unpaired) electrons. The van der Waals surface area contributed by atoms with Crippen molar-refractivity contribution in [3.05, 3.63) is 29.0 Å². The van der Waals surface area contributed by atoms with Gasteiger partial charge in [0, 0.05) is 6.42 Å². The van der Waals surface area contributed by atoms with Crippen LogP contribution in [-0.4, -0.2) is 27.4 Å². The van der Waals surface area contributed by atoms with E-state index in [-0.39, 0.29) is 17.5 Å². The summed E-state index contributed by atoms with van der Waals surface area (Å²) >= 11 is 2.50. The van der Waals surface area contributed by atoms with Crippen molar-refractivity contribution in [3.63, 3.8) is 0 Å². The number of thioether (sulfide) groups is 1. The third-order valence-corrected chi connectivity index (χ3v) is 4.26. The van der Waals surface area contributed by atoms with E-state index in [1.165, 1.54) is 11.3 Å². The second-order valence-corrected chi connectivity index (χ2v) is 5.82. The maximum absolute atomic E-state index is 11.3. The van der Waals surface area contributed by atoms with Crippen molar-refractivity contribution in [2.45, 2.75) is 11.7 Å². The molecule has 1 aliphatic heterocycles. The van der Waals surface area contributed by atoms with Gasteiger partial charge in [-0.05, 0) is 11.4 Å². The highest BCUT2D eigenvalue weighted by Crippen LogP contribution is 2.21. The van der Waals surface area contributed by atoms with E-state index < -0.39 is 11.2 Å². The van der Waals surface area contributed by atoms with Crippen LogP contribution in [-0.2, 0) is 9.59 Å². The number of carboxylic acids is 1. The average Bonchev–Trinajstić information content (AvgIpc) is 2.89. The van der Waals surface area contributed by atoms with Gasteiger partial charge in [-0.3, -0.25) is 15.0 Å². The number of carboxylic acid groups (broad SMARTS) is 1. The van der Waals surface area contributed by atoms with Crippen LogP contribution in [0, 0.1) is 0 Å². The minimum absolute atomic E-state index is 0.0507. The van der Waals surface area contributed by atoms with Crippen LogP contribution in [0.4, 0.5) is 0 Å². The molecule has 19 heavy (non-hydrogen) atoms. The molecule has 8 heteroatoms. The lowest BCUT2D eigenvalue weighted by molar-refractivity contribution is -0.138. The summed E-state index contributed by atoms with van der Waals surface area (Å²) in [5.41, 5.74) is 3.30. The zero-order valence-corrected chi connectivity index (χ0v) is 11.4. The van der Waals surface area contributed by atoms with Crippen molar-refractivity contribution in [1.82, 2.24) is 10.7 Å². The number of thiophene rings is 1. The first-order valence-electron chi connectivity index (χ1n) is 5.32. The van der Waals surface area contributed by atoms with Crippen molar-refractivity contribution >= 4 is 45.8 Å². The Bertz CT molecular complexity index is 539. The molecule has 1 aliphatic rings. The first-order chi connectivity index (χ1) is 9.06. The molecule has 1 unspecified atom stereocenters. The van der Waals surface area contributed by atoms with Gasteiger partial charge in [0.1, 0.15) is 5.25 Å². The molecule has 6 nitrogen and oxygen atoms in total. The van der Waals surface area contributed by atoms with Gasteiger partial charge in [0.15, 0.2) is 5.17 Å². The number of nitrogens with zero attached hydrogens (tertiary/aromatic N) is 1. The third-order valence-electron chi connectivity index (χ3n) is 2.26. The smallest absolute Gasteiger partial charge is 0.317 e. The van der Waals surface area contributed by atoms with E-state index in [4.69, 9.17) is 5.11 Å². The number of hydrogen-bond donors (Lipinski definition) is 3. The highest BCUT2D eigenvalue weighted by molar-refractivity contribution is 8.15. The maximum Gasteiger partial charge on any atom is 0.317 e. The largest absolute Gasteiger partial charge is 0.480 e. The molecule has 1 aromatic rings. The molecule has 0 bridgehead atoms. The van der Waals surface area contributed by atoms with E-state index in [2.05, 4.69) is 22.4 Å². The van der Waals surface area contributed by atoms with Crippen molar-refractivity contribution in [1.29, 1.82) is 0 Å². The first kappa shape index (κ1) is 13.6. The fourth-order valence-electron chi connectivity index (χ4n) is 1.36. The molecule has 1 amide bonds. The Morgan fingerprint density at radius 3 is 3.05 bits per heavy atom. The highest BCUT2D eigenvalue weighted by atomic mass is 32.2. The third kappa shape index (κ3) is 3.58. The van der Waals surface area contributed by atoms with Crippen LogP contribution in [0.15, 0.2) is 29.2 Å². The molecule has 100 valence electrons. The van der Waals surface area contributed by atoms with Gasteiger partial charge in [-0.1, -0.05) is 24.4 Å². The molecule has 0 saturated carbocycles. The van der Waals surface area contributed by atoms with Crippen molar-refractivity contribution in [3.8, 4) is 0 Å². The summed E-state index contributed by atoms with van der Waals surface area (Å²) < 4.78 is 0. The van der Waals surface area contributed by atoms with E-state index >= 15 is 0 Å². The minimum atomic E-state index is -1.02. The summed E-state index contributed by atoms with van der Waals surface area (Å²) in [5.74, 6) is -1.38. The number of hydrazone groups is 1. The van der Waals surface area contributed by atoms with Gasteiger partial charge in [0.25, 0.3) is 0 Å². The fourth-order valence-corrected chi connectivity index (χ4v) is 2.89. The second kappa shape index (κ2) is 5.89. The van der Waals surface area contributed by atoms with E-state index in [9.17, 15) is 9.59 Å². The van der Waals surface area contributed by atoms with E-state index in [1.807, 2.05) is 17.5 Å². The number of carbonyl (C=O) groups excluding carboxylic acids is 1. The quantitative estimate of drug-likeness (QED) is 0.728. The minimum Gasteiger partial charge on any atom is -0.480 e. The number of amidine groups is 1. The monoisotopic (exact) mass is 297 g/mol. The summed E-state index contributed by atoms with van der Waals surface area (Å²) in [7, 11) is 0. The molecule has 0 aliphatic carbocycles. The molecule has 1 aromatic heterocycles. The molecule has 2 heterocycles. The van der Waals surface area contributed by atoms with Gasteiger partial charge in [-0.15, -0.1) is 16.4 Å². The Labute approximate surface area is 117 Å². The number of aliphatic carboxylic acids is 1. The number of hydrogen-bond acceptors (Lipinski definition) is 6. The lowest BCUT2D eigenvalue weighted by atomic mass is 10.3. The molecule has 1 saturated heterocycles. The first-order valence-corrected chi connectivity index (χ1v) is 7.08. The molecule has 1 atom stereocenters. The Hall–Kier alpha value is -1.80. The van der Waals surface area contributed by atoms with Crippen molar-refractivity contribution in [2.75, 3.05) is 0 Å². The molecule has 1 fully saturated rings. The van der Waals surface area contributed by atoms with Gasteiger partial charge < -0.3 is 10.4 Å².